The quantitative estimate of drug-likeness (QED) is 0.573. The Balaban J connectivity index is 1.44. The van der Waals surface area contributed by atoms with Crippen LogP contribution in [-0.4, -0.2) is 34.8 Å². The second kappa shape index (κ2) is 8.71. The summed E-state index contributed by atoms with van der Waals surface area (Å²) in [5.41, 5.74) is 2.86. The van der Waals surface area contributed by atoms with E-state index in [1.54, 1.807) is 23.7 Å². The molecule has 0 aliphatic carbocycles. The lowest BCUT2D eigenvalue weighted by Crippen LogP contribution is -2.40. The van der Waals surface area contributed by atoms with Crippen molar-refractivity contribution < 1.29 is 19.1 Å². The smallest absolute Gasteiger partial charge is 0.307 e. The maximum Gasteiger partial charge on any atom is 0.307 e. The fraction of sp³-hybridized carbons (Fsp3) is 0.217. The number of carbonyl (C=O) groups is 2. The highest BCUT2D eigenvalue weighted by Crippen LogP contribution is 2.31. The van der Waals surface area contributed by atoms with Crippen LogP contribution in [0.4, 0.5) is 5.69 Å². The van der Waals surface area contributed by atoms with Gasteiger partial charge in [0, 0.05) is 6.54 Å². The highest BCUT2D eigenvalue weighted by atomic mass is 16.5. The predicted molar refractivity (Wildman–Crippen MR) is 112 cm³/mol. The number of ether oxygens (including phenoxy) is 2. The van der Waals surface area contributed by atoms with Gasteiger partial charge in [0.1, 0.15) is 24.0 Å². The van der Waals surface area contributed by atoms with Gasteiger partial charge < -0.3 is 14.4 Å². The number of benzene rings is 2. The Morgan fingerprint density at radius 3 is 2.71 bits per heavy atom. The van der Waals surface area contributed by atoms with Crippen molar-refractivity contribution in [1.82, 2.24) is 9.78 Å². The number of nitriles is 1. The number of nitrogens with zero attached hydrogens (tertiary/aromatic N) is 4. The molecule has 8 heteroatoms. The lowest BCUT2D eigenvalue weighted by atomic mass is 10.2. The van der Waals surface area contributed by atoms with E-state index in [2.05, 4.69) is 11.2 Å². The number of carbonyl (C=O) groups excluding carboxylic acids is 2. The predicted octanol–water partition coefficient (Wildman–Crippen LogP) is 2.91. The molecule has 1 aliphatic rings. The van der Waals surface area contributed by atoms with Gasteiger partial charge in [-0.2, -0.15) is 10.4 Å². The van der Waals surface area contributed by atoms with Gasteiger partial charge in [-0.3, -0.25) is 9.59 Å². The van der Waals surface area contributed by atoms with E-state index in [-0.39, 0.29) is 32.1 Å². The first-order valence-electron chi connectivity index (χ1n) is 9.80. The maximum absolute atomic E-state index is 12.4. The van der Waals surface area contributed by atoms with E-state index in [0.717, 1.165) is 5.69 Å². The lowest BCUT2D eigenvalue weighted by Gasteiger charge is -2.28. The van der Waals surface area contributed by atoms with Crippen LogP contribution >= 0.6 is 0 Å². The third-order valence-electron chi connectivity index (χ3n) is 4.99. The number of anilines is 1. The van der Waals surface area contributed by atoms with E-state index in [9.17, 15) is 14.9 Å². The first-order chi connectivity index (χ1) is 15.1. The van der Waals surface area contributed by atoms with E-state index in [1.165, 1.54) is 4.90 Å². The van der Waals surface area contributed by atoms with Gasteiger partial charge in [-0.1, -0.05) is 30.3 Å². The third-order valence-corrected chi connectivity index (χ3v) is 4.99. The molecule has 4 rings (SSSR count). The normalized spacial score (nSPS) is 12.6. The summed E-state index contributed by atoms with van der Waals surface area (Å²) in [6.45, 7) is 1.77. The minimum Gasteiger partial charge on any atom is -0.482 e. The summed E-state index contributed by atoms with van der Waals surface area (Å²) < 4.78 is 12.5. The standard InChI is InChI=1S/C23H20N4O4/c1-16-18(13-24)20(27(25-16)17-7-3-2-4-8-17)14-31-23(29)11-12-26-19-9-5-6-10-21(19)30-15-22(26)28/h2-10H,11-12,14-15H2,1H3. The number of rotatable bonds is 6. The summed E-state index contributed by atoms with van der Waals surface area (Å²) in [6.07, 6.45) is 0.0143. The Labute approximate surface area is 179 Å². The van der Waals surface area contributed by atoms with Crippen LogP contribution in [0, 0.1) is 18.3 Å². The van der Waals surface area contributed by atoms with Crippen LogP contribution in [0.1, 0.15) is 23.4 Å². The van der Waals surface area contributed by atoms with Crippen LogP contribution in [-0.2, 0) is 20.9 Å². The first kappa shape index (κ1) is 20.2. The molecule has 0 spiro atoms. The van der Waals surface area contributed by atoms with E-state index in [4.69, 9.17) is 9.47 Å². The molecular formula is C23H20N4O4. The van der Waals surface area contributed by atoms with Gasteiger partial charge >= 0.3 is 5.97 Å². The summed E-state index contributed by atoms with van der Waals surface area (Å²) in [5.74, 6) is -0.0773. The number of aromatic nitrogens is 2. The van der Waals surface area contributed by atoms with Crippen molar-refractivity contribution in [2.24, 2.45) is 0 Å². The van der Waals surface area contributed by atoms with Crippen molar-refractivity contribution in [3.8, 4) is 17.5 Å². The largest absolute Gasteiger partial charge is 0.482 e. The van der Waals surface area contributed by atoms with Crippen molar-refractivity contribution in [3.63, 3.8) is 0 Å². The molecule has 0 N–H and O–H groups in total. The van der Waals surface area contributed by atoms with Crippen LogP contribution in [0.2, 0.25) is 0 Å². The van der Waals surface area contributed by atoms with Gasteiger partial charge in [0.2, 0.25) is 0 Å². The molecule has 0 atom stereocenters. The Morgan fingerprint density at radius 1 is 1.19 bits per heavy atom. The van der Waals surface area contributed by atoms with Crippen LogP contribution in [0.15, 0.2) is 54.6 Å². The summed E-state index contributed by atoms with van der Waals surface area (Å²) in [5, 5.41) is 13.9. The highest BCUT2D eigenvalue weighted by molar-refractivity contribution is 5.98. The van der Waals surface area contributed by atoms with Gasteiger partial charge in [0.15, 0.2) is 6.61 Å². The molecule has 0 unspecified atom stereocenters. The van der Waals surface area contributed by atoms with Gasteiger partial charge in [0.25, 0.3) is 5.91 Å². The molecule has 1 aliphatic heterocycles. The van der Waals surface area contributed by atoms with Crippen molar-refractivity contribution >= 4 is 17.6 Å². The zero-order valence-electron chi connectivity index (χ0n) is 16.9. The average molecular weight is 416 g/mol. The Kier molecular flexibility index (Phi) is 5.67. The molecule has 1 aromatic heterocycles. The molecule has 3 aromatic rings. The molecule has 156 valence electrons. The number of aryl methyl sites for hydroxylation is 1. The molecule has 2 heterocycles. The summed E-state index contributed by atoms with van der Waals surface area (Å²) >= 11 is 0. The Morgan fingerprint density at radius 2 is 1.94 bits per heavy atom. The third kappa shape index (κ3) is 4.12. The number of hydrogen-bond acceptors (Lipinski definition) is 6. The molecule has 0 saturated carbocycles. The summed E-state index contributed by atoms with van der Waals surface area (Å²) in [6, 6.07) is 18.7. The zero-order chi connectivity index (χ0) is 21.8. The van der Waals surface area contributed by atoms with Gasteiger partial charge in [-0.05, 0) is 31.2 Å². The number of hydrogen-bond donors (Lipinski definition) is 0. The van der Waals surface area contributed by atoms with Gasteiger partial charge in [0.05, 0.1) is 29.2 Å². The van der Waals surface area contributed by atoms with Crippen molar-refractivity contribution in [1.29, 1.82) is 5.26 Å². The molecule has 0 radical (unpaired) electrons. The van der Waals surface area contributed by atoms with E-state index in [0.29, 0.717) is 28.4 Å². The molecule has 1 amide bonds. The van der Waals surface area contributed by atoms with E-state index < -0.39 is 5.97 Å². The SMILES string of the molecule is Cc1nn(-c2ccccc2)c(COC(=O)CCN2C(=O)COc3ccccc32)c1C#N. The molecule has 0 bridgehead atoms. The number of para-hydroxylation sites is 3. The highest BCUT2D eigenvalue weighted by Gasteiger charge is 2.26. The van der Waals surface area contributed by atoms with Crippen LogP contribution in [0.5, 0.6) is 5.75 Å². The molecule has 0 fully saturated rings. The van der Waals surface area contributed by atoms with Gasteiger partial charge in [-0.15, -0.1) is 0 Å². The van der Waals surface area contributed by atoms with E-state index >= 15 is 0 Å². The Hall–Kier alpha value is -4.12. The van der Waals surface area contributed by atoms with Gasteiger partial charge in [-0.25, -0.2) is 4.68 Å². The minimum atomic E-state index is -0.473. The number of esters is 1. The summed E-state index contributed by atoms with van der Waals surface area (Å²) in [4.78, 5) is 26.2. The molecule has 31 heavy (non-hydrogen) atoms. The fourth-order valence-corrected chi connectivity index (χ4v) is 3.46. The Bertz CT molecular complexity index is 1160. The molecule has 2 aromatic carbocycles. The van der Waals surface area contributed by atoms with Crippen LogP contribution in [0.25, 0.3) is 5.69 Å². The molecule has 0 saturated heterocycles. The second-order valence-corrected chi connectivity index (χ2v) is 6.98. The van der Waals surface area contributed by atoms with Crippen molar-refractivity contribution in [3.05, 3.63) is 71.5 Å². The maximum atomic E-state index is 12.4. The monoisotopic (exact) mass is 416 g/mol. The van der Waals surface area contributed by atoms with Crippen LogP contribution < -0.4 is 9.64 Å². The van der Waals surface area contributed by atoms with Crippen molar-refractivity contribution in [2.75, 3.05) is 18.1 Å². The second-order valence-electron chi connectivity index (χ2n) is 6.98. The topological polar surface area (TPSA) is 97.5 Å². The van der Waals surface area contributed by atoms with Crippen LogP contribution in [0.3, 0.4) is 0 Å². The summed E-state index contributed by atoms with van der Waals surface area (Å²) in [7, 11) is 0. The fourth-order valence-electron chi connectivity index (χ4n) is 3.46. The molecule has 8 nitrogen and oxygen atoms in total. The number of amides is 1. The lowest BCUT2D eigenvalue weighted by molar-refractivity contribution is -0.144. The van der Waals surface area contributed by atoms with E-state index in [1.807, 2.05) is 42.5 Å². The van der Waals surface area contributed by atoms with Crippen molar-refractivity contribution in [2.45, 2.75) is 20.0 Å². The zero-order valence-corrected chi connectivity index (χ0v) is 16.9. The molecular weight excluding hydrogens is 396 g/mol. The average Bonchev–Trinajstić information content (AvgIpc) is 3.12. The minimum absolute atomic E-state index is 0.0143. The first-order valence-corrected chi connectivity index (χ1v) is 9.80. The number of fused-ring (bicyclic) bond motifs is 1.